The van der Waals surface area contributed by atoms with Gasteiger partial charge in [0.05, 0.1) is 18.6 Å². The number of carboxylic acids is 1. The van der Waals surface area contributed by atoms with Crippen LogP contribution < -0.4 is 4.74 Å². The van der Waals surface area contributed by atoms with Gasteiger partial charge in [0, 0.05) is 17.9 Å². The van der Waals surface area contributed by atoms with E-state index in [1.807, 2.05) is 24.3 Å². The molecule has 2 unspecified atom stereocenters. The maximum atomic E-state index is 13.4. The number of carbonyl (C=O) groups is 2. The summed E-state index contributed by atoms with van der Waals surface area (Å²) in [6.07, 6.45) is 12.5. The van der Waals surface area contributed by atoms with E-state index in [0.29, 0.717) is 31.1 Å². The fourth-order valence-corrected chi connectivity index (χ4v) is 11.8. The predicted molar refractivity (Wildman–Crippen MR) is 180 cm³/mol. The summed E-state index contributed by atoms with van der Waals surface area (Å²) in [7, 11) is 1.62. The number of ether oxygens (including phenoxy) is 2. The number of methoxy groups -OCH3 is 1. The van der Waals surface area contributed by atoms with E-state index in [9.17, 15) is 19.8 Å². The number of carbonyl (C=O) groups excluding carboxylic acids is 1. The van der Waals surface area contributed by atoms with Crippen molar-refractivity contribution < 1.29 is 29.3 Å². The van der Waals surface area contributed by atoms with Gasteiger partial charge in [-0.3, -0.25) is 4.79 Å². The summed E-state index contributed by atoms with van der Waals surface area (Å²) in [5.74, 6) is 0.446. The molecule has 252 valence electrons. The lowest BCUT2D eigenvalue weighted by Gasteiger charge is -2.71. The zero-order chi connectivity index (χ0) is 33.5. The van der Waals surface area contributed by atoms with Crippen LogP contribution in [0.2, 0.25) is 0 Å². The van der Waals surface area contributed by atoms with E-state index < -0.39 is 23.5 Å². The molecule has 5 aliphatic rings. The van der Waals surface area contributed by atoms with Crippen molar-refractivity contribution in [3.05, 3.63) is 47.6 Å². The maximum absolute atomic E-state index is 13.4. The van der Waals surface area contributed by atoms with Gasteiger partial charge < -0.3 is 19.7 Å². The third kappa shape index (κ3) is 4.74. The highest BCUT2D eigenvalue weighted by molar-refractivity contribution is 5.87. The Bertz CT molecular complexity index is 1440. The van der Waals surface area contributed by atoms with Crippen LogP contribution in [0.4, 0.5) is 0 Å². The van der Waals surface area contributed by atoms with E-state index in [1.54, 1.807) is 13.2 Å². The third-order valence-electron chi connectivity index (χ3n) is 15.0. The number of aliphatic hydroxyl groups is 1. The molecule has 5 aliphatic carbocycles. The Morgan fingerprint density at radius 2 is 1.59 bits per heavy atom. The number of allylic oxidation sites excluding steroid dienone is 2. The number of esters is 1. The molecule has 0 aromatic heterocycles. The van der Waals surface area contributed by atoms with Crippen molar-refractivity contribution in [3.8, 4) is 5.75 Å². The highest BCUT2D eigenvalue weighted by Gasteiger charge is 2.70. The van der Waals surface area contributed by atoms with E-state index in [-0.39, 0.29) is 39.1 Å². The summed E-state index contributed by atoms with van der Waals surface area (Å²) in [4.78, 5) is 26.5. The van der Waals surface area contributed by atoms with Crippen molar-refractivity contribution in [2.24, 2.45) is 50.2 Å². The van der Waals surface area contributed by atoms with Gasteiger partial charge in [-0.25, -0.2) is 4.79 Å². The maximum Gasteiger partial charge on any atom is 0.331 e. The van der Waals surface area contributed by atoms with E-state index in [2.05, 4.69) is 54.5 Å². The molecule has 0 radical (unpaired) electrons. The fraction of sp³-hybridized carbons (Fsp3) is 0.700. The Kier molecular flexibility index (Phi) is 7.94. The lowest BCUT2D eigenvalue weighted by molar-refractivity contribution is -0.210. The van der Waals surface area contributed by atoms with Gasteiger partial charge in [-0.05, 0) is 115 Å². The zero-order valence-corrected chi connectivity index (χ0v) is 29.3. The topological polar surface area (TPSA) is 93.1 Å². The van der Waals surface area contributed by atoms with Crippen LogP contribution in [0.3, 0.4) is 0 Å². The van der Waals surface area contributed by atoms with Crippen molar-refractivity contribution in [1.29, 1.82) is 0 Å². The SMILES string of the molecule is COc1ccc(/C=C/C(=O)OC2C[C@]3(C(=O)O)CC[C@]4(C)C(=CC[C@@H]5[C@@]6(C)CCC(O)C(C)(C)[C@@H]6CC[C@]54C)[C@@H]3CC2(C)C)cc1. The summed E-state index contributed by atoms with van der Waals surface area (Å²) in [5.41, 5.74) is 0.903. The standard InChI is InChI=1S/C40H56O6/c1-35(2)23-28-27-14-15-30-37(5)19-18-31(41)36(3,4)29(37)17-20-39(30,7)38(27,6)21-22-40(28,34(43)44)24-32(35)46-33(42)16-11-25-9-12-26(45-8)13-10-25/h9-14,16,28-32,41H,15,17-24H2,1-8H3,(H,43,44)/b16-11+/t28-,29-,30+,31?,32?,37-,38+,39+,40+/m0/s1. The monoisotopic (exact) mass is 632 g/mol. The lowest BCUT2D eigenvalue weighted by atomic mass is 9.33. The van der Waals surface area contributed by atoms with Crippen molar-refractivity contribution >= 4 is 18.0 Å². The number of aliphatic carboxylic acids is 1. The minimum absolute atomic E-state index is 0.0606. The van der Waals surface area contributed by atoms with Crippen LogP contribution in [0.5, 0.6) is 5.75 Å². The molecule has 0 amide bonds. The molecule has 6 heteroatoms. The number of fused-ring (bicyclic) bond motifs is 7. The summed E-state index contributed by atoms with van der Waals surface area (Å²) in [5, 5.41) is 22.0. The Labute approximate surface area is 276 Å². The zero-order valence-electron chi connectivity index (χ0n) is 29.3. The molecule has 4 fully saturated rings. The van der Waals surface area contributed by atoms with Gasteiger partial charge >= 0.3 is 11.9 Å². The molecule has 0 aliphatic heterocycles. The summed E-state index contributed by atoms with van der Waals surface area (Å²) < 4.78 is 11.3. The van der Waals surface area contributed by atoms with Crippen LogP contribution in [-0.2, 0) is 14.3 Å². The van der Waals surface area contributed by atoms with Crippen LogP contribution in [-0.4, -0.2) is 41.5 Å². The average molecular weight is 633 g/mol. The number of rotatable bonds is 5. The Morgan fingerprint density at radius 3 is 2.24 bits per heavy atom. The molecular weight excluding hydrogens is 576 g/mol. The molecule has 2 N–H and O–H groups in total. The molecule has 6 rings (SSSR count). The fourth-order valence-electron chi connectivity index (χ4n) is 11.8. The summed E-state index contributed by atoms with van der Waals surface area (Å²) >= 11 is 0. The van der Waals surface area contributed by atoms with Gasteiger partial charge in [0.25, 0.3) is 0 Å². The second kappa shape index (κ2) is 11.0. The number of benzene rings is 1. The molecule has 0 spiro atoms. The van der Waals surface area contributed by atoms with Crippen LogP contribution in [0.1, 0.15) is 112 Å². The first kappa shape index (κ1) is 33.3. The number of hydrogen-bond donors (Lipinski definition) is 2. The van der Waals surface area contributed by atoms with Gasteiger partial charge in [0.2, 0.25) is 0 Å². The molecular formula is C40H56O6. The highest BCUT2D eigenvalue weighted by atomic mass is 16.5. The number of aliphatic hydroxyl groups excluding tert-OH is 1. The minimum Gasteiger partial charge on any atom is -0.497 e. The molecule has 0 bridgehead atoms. The highest BCUT2D eigenvalue weighted by Crippen LogP contribution is 2.75. The lowest BCUT2D eigenvalue weighted by Crippen LogP contribution is -2.65. The van der Waals surface area contributed by atoms with Gasteiger partial charge in [0.15, 0.2) is 0 Å². The Hall–Kier alpha value is -2.60. The molecule has 4 saturated carbocycles. The van der Waals surface area contributed by atoms with E-state index >= 15 is 0 Å². The average Bonchev–Trinajstić information content (AvgIpc) is 2.99. The van der Waals surface area contributed by atoms with Gasteiger partial charge in [-0.1, -0.05) is 72.2 Å². The molecule has 6 nitrogen and oxygen atoms in total. The smallest absolute Gasteiger partial charge is 0.331 e. The van der Waals surface area contributed by atoms with E-state index in [1.165, 1.54) is 11.6 Å². The van der Waals surface area contributed by atoms with Crippen LogP contribution in [0, 0.1) is 50.2 Å². The molecule has 9 atom stereocenters. The van der Waals surface area contributed by atoms with Crippen molar-refractivity contribution in [2.75, 3.05) is 7.11 Å². The summed E-state index contributed by atoms with van der Waals surface area (Å²) in [6.45, 7) is 16.3. The van der Waals surface area contributed by atoms with Crippen LogP contribution in [0.15, 0.2) is 42.0 Å². The first-order valence-corrected chi connectivity index (χ1v) is 17.6. The van der Waals surface area contributed by atoms with Gasteiger partial charge in [-0.2, -0.15) is 0 Å². The first-order chi connectivity index (χ1) is 21.4. The van der Waals surface area contributed by atoms with Crippen LogP contribution in [0.25, 0.3) is 6.08 Å². The second-order valence-electron chi connectivity index (χ2n) is 17.6. The molecule has 0 heterocycles. The number of carboxylic acid groups (broad SMARTS) is 1. The first-order valence-electron chi connectivity index (χ1n) is 17.6. The molecule has 0 saturated heterocycles. The molecule has 1 aromatic rings. The minimum atomic E-state index is -0.952. The quantitative estimate of drug-likeness (QED) is 0.192. The van der Waals surface area contributed by atoms with Crippen molar-refractivity contribution in [1.82, 2.24) is 0 Å². The molecule has 1 aromatic carbocycles. The van der Waals surface area contributed by atoms with E-state index in [0.717, 1.165) is 49.8 Å². The van der Waals surface area contributed by atoms with Gasteiger partial charge in [0.1, 0.15) is 11.9 Å². The van der Waals surface area contributed by atoms with Crippen molar-refractivity contribution in [3.63, 3.8) is 0 Å². The third-order valence-corrected chi connectivity index (χ3v) is 15.0. The number of hydrogen-bond acceptors (Lipinski definition) is 5. The second-order valence-corrected chi connectivity index (χ2v) is 17.6. The Morgan fingerprint density at radius 1 is 0.891 bits per heavy atom. The molecule has 46 heavy (non-hydrogen) atoms. The van der Waals surface area contributed by atoms with Crippen LogP contribution >= 0.6 is 0 Å². The Balaban J connectivity index is 1.28. The normalized spacial score (nSPS) is 42.5. The van der Waals surface area contributed by atoms with Gasteiger partial charge in [-0.15, -0.1) is 0 Å². The predicted octanol–water partition coefficient (Wildman–Crippen LogP) is 8.48. The van der Waals surface area contributed by atoms with E-state index in [4.69, 9.17) is 9.47 Å². The summed E-state index contributed by atoms with van der Waals surface area (Å²) in [6, 6.07) is 7.45. The van der Waals surface area contributed by atoms with Crippen molar-refractivity contribution in [2.45, 2.75) is 118 Å². The largest absolute Gasteiger partial charge is 0.497 e.